The van der Waals surface area contributed by atoms with Gasteiger partial charge in [-0.15, -0.1) is 0 Å². The molecule has 6 nitrogen and oxygen atoms in total. The van der Waals surface area contributed by atoms with Crippen LogP contribution in [0.1, 0.15) is 26.7 Å². The number of sulfone groups is 1. The minimum Gasteiger partial charge on any atom is -0.430 e. The van der Waals surface area contributed by atoms with Crippen LogP contribution in [0.2, 0.25) is 0 Å². The molecule has 17 heavy (non-hydrogen) atoms. The Morgan fingerprint density at radius 1 is 1.35 bits per heavy atom. The van der Waals surface area contributed by atoms with Crippen molar-refractivity contribution >= 4 is 16.0 Å². The molecule has 0 spiro atoms. The van der Waals surface area contributed by atoms with E-state index in [1.165, 1.54) is 6.92 Å². The summed E-state index contributed by atoms with van der Waals surface area (Å²) in [5.74, 6) is 0.847. The van der Waals surface area contributed by atoms with Crippen LogP contribution in [0.4, 0.5) is 4.79 Å². The number of cyclic esters (lactones) is 2. The number of hydrogen-bond acceptors (Lipinski definition) is 6. The second kappa shape index (κ2) is 7.90. The van der Waals surface area contributed by atoms with Crippen molar-refractivity contribution in [2.24, 2.45) is 0 Å². The molecule has 0 aromatic rings. The maximum Gasteiger partial charge on any atom is 0.508 e. The second-order valence-corrected chi connectivity index (χ2v) is 5.88. The van der Waals surface area contributed by atoms with Gasteiger partial charge in [0, 0.05) is 6.92 Å². The molecule has 0 saturated carbocycles. The highest BCUT2D eigenvalue weighted by Gasteiger charge is 2.19. The molecule has 0 radical (unpaired) electrons. The van der Waals surface area contributed by atoms with Crippen LogP contribution in [0.5, 0.6) is 0 Å². The molecule has 98 valence electrons. The summed E-state index contributed by atoms with van der Waals surface area (Å²) in [5.41, 5.74) is 0. The van der Waals surface area contributed by atoms with Crippen molar-refractivity contribution in [2.75, 3.05) is 18.1 Å². The molecule has 2 heterocycles. The third kappa shape index (κ3) is 8.51. The molecule has 1 unspecified atom stereocenters. The minimum absolute atomic E-state index is 0.0486. The van der Waals surface area contributed by atoms with E-state index in [0.717, 1.165) is 12.8 Å². The van der Waals surface area contributed by atoms with E-state index in [1.54, 1.807) is 13.0 Å². The van der Waals surface area contributed by atoms with Crippen LogP contribution in [-0.2, 0) is 19.3 Å². The minimum atomic E-state index is -2.55. The molecular weight excluding hydrogens is 246 g/mol. The van der Waals surface area contributed by atoms with Crippen molar-refractivity contribution in [1.82, 2.24) is 0 Å². The van der Waals surface area contributed by atoms with Crippen LogP contribution in [0.15, 0.2) is 0 Å². The van der Waals surface area contributed by atoms with Crippen LogP contribution < -0.4 is 0 Å². The SMILES string of the molecule is CC#N.CC1COC(=O)O1.O=S1(=O)CCCC1. The first kappa shape index (κ1) is 15.7. The Labute approximate surface area is 101 Å². The average Bonchev–Trinajstić information content (AvgIpc) is 2.77. The predicted molar refractivity (Wildman–Crippen MR) is 61.1 cm³/mol. The third-order valence-corrected chi connectivity index (χ3v) is 3.72. The van der Waals surface area contributed by atoms with E-state index in [1.807, 2.05) is 0 Å². The van der Waals surface area contributed by atoms with Crippen LogP contribution in [0.3, 0.4) is 0 Å². The first-order valence-corrected chi connectivity index (χ1v) is 7.08. The quantitative estimate of drug-likeness (QED) is 0.611. The van der Waals surface area contributed by atoms with Crippen molar-refractivity contribution < 1.29 is 22.7 Å². The van der Waals surface area contributed by atoms with E-state index in [-0.39, 0.29) is 6.10 Å². The van der Waals surface area contributed by atoms with E-state index in [9.17, 15) is 13.2 Å². The van der Waals surface area contributed by atoms with Gasteiger partial charge >= 0.3 is 6.16 Å². The normalized spacial score (nSPS) is 24.1. The first-order chi connectivity index (χ1) is 7.91. The third-order valence-electron chi connectivity index (χ3n) is 1.89. The molecule has 2 fully saturated rings. The Morgan fingerprint density at radius 3 is 1.94 bits per heavy atom. The molecule has 0 aliphatic carbocycles. The highest BCUT2D eigenvalue weighted by atomic mass is 32.2. The van der Waals surface area contributed by atoms with Gasteiger partial charge < -0.3 is 9.47 Å². The zero-order chi connectivity index (χ0) is 13.3. The maximum absolute atomic E-state index is 10.4. The summed E-state index contributed by atoms with van der Waals surface area (Å²) in [4.78, 5) is 10.0. The van der Waals surface area contributed by atoms with E-state index in [2.05, 4.69) is 9.47 Å². The Bertz CT molecular complexity index is 359. The fourth-order valence-corrected chi connectivity index (χ4v) is 2.66. The van der Waals surface area contributed by atoms with Crippen LogP contribution >= 0.6 is 0 Å². The van der Waals surface area contributed by atoms with E-state index in [4.69, 9.17) is 5.26 Å². The number of carbonyl (C=O) groups is 1. The van der Waals surface area contributed by atoms with Crippen molar-refractivity contribution in [2.45, 2.75) is 32.8 Å². The van der Waals surface area contributed by atoms with Gasteiger partial charge in [-0.05, 0) is 19.8 Å². The van der Waals surface area contributed by atoms with Gasteiger partial charge in [0.25, 0.3) is 0 Å². The van der Waals surface area contributed by atoms with Gasteiger partial charge in [-0.2, -0.15) is 5.26 Å². The average molecular weight is 263 g/mol. The molecule has 0 amide bonds. The van der Waals surface area contributed by atoms with Crippen molar-refractivity contribution in [3.8, 4) is 6.07 Å². The van der Waals surface area contributed by atoms with Crippen molar-refractivity contribution in [1.29, 1.82) is 5.26 Å². The zero-order valence-electron chi connectivity index (χ0n) is 10.0. The maximum atomic E-state index is 10.4. The van der Waals surface area contributed by atoms with Gasteiger partial charge in [-0.3, -0.25) is 0 Å². The van der Waals surface area contributed by atoms with E-state index < -0.39 is 16.0 Å². The Kier molecular flexibility index (Phi) is 7.30. The smallest absolute Gasteiger partial charge is 0.430 e. The summed E-state index contributed by atoms with van der Waals surface area (Å²) in [5, 5.41) is 7.32. The lowest BCUT2D eigenvalue weighted by Gasteiger charge is -1.90. The van der Waals surface area contributed by atoms with E-state index >= 15 is 0 Å². The molecule has 2 aliphatic rings. The van der Waals surface area contributed by atoms with Gasteiger partial charge in [0.2, 0.25) is 0 Å². The zero-order valence-corrected chi connectivity index (χ0v) is 10.8. The first-order valence-electron chi connectivity index (χ1n) is 5.26. The predicted octanol–water partition coefficient (Wildman–Crippen LogP) is 1.27. The number of carbonyl (C=O) groups excluding carboxylic acids is 1. The number of nitriles is 1. The Hall–Kier alpha value is -1.29. The Morgan fingerprint density at radius 2 is 1.82 bits per heavy atom. The highest BCUT2D eigenvalue weighted by Crippen LogP contribution is 2.08. The van der Waals surface area contributed by atoms with Crippen molar-refractivity contribution in [3.05, 3.63) is 0 Å². The second-order valence-electron chi connectivity index (χ2n) is 3.57. The molecule has 2 saturated heterocycles. The summed E-state index contributed by atoms with van der Waals surface area (Å²) in [6.45, 7) is 3.61. The lowest BCUT2D eigenvalue weighted by molar-refractivity contribution is 0.121. The molecule has 1 atom stereocenters. The topological polar surface area (TPSA) is 93.5 Å². The molecule has 0 N–H and O–H groups in total. The summed E-state index contributed by atoms with van der Waals surface area (Å²) in [6.07, 6.45) is 1.16. The fourth-order valence-electron chi connectivity index (χ4n) is 1.16. The molecule has 2 aliphatic heterocycles. The largest absolute Gasteiger partial charge is 0.508 e. The number of rotatable bonds is 0. The van der Waals surface area contributed by atoms with Crippen molar-refractivity contribution in [3.63, 3.8) is 0 Å². The van der Waals surface area contributed by atoms with Crippen LogP contribution in [0, 0.1) is 11.3 Å². The lowest BCUT2D eigenvalue weighted by atomic mass is 10.4. The van der Waals surface area contributed by atoms with Crippen LogP contribution in [0.25, 0.3) is 0 Å². The highest BCUT2D eigenvalue weighted by molar-refractivity contribution is 7.91. The van der Waals surface area contributed by atoms with Gasteiger partial charge in [-0.1, -0.05) is 0 Å². The molecule has 7 heteroatoms. The molecule has 0 aromatic carbocycles. The summed E-state index contributed by atoms with van der Waals surface area (Å²) in [6, 6.07) is 1.75. The standard InChI is InChI=1S/C4H6O3.C4H8O2S.C2H3N/c1-3-2-6-4(5)7-3;5-7(6)3-1-2-4-7;1-2-3/h3H,2H2,1H3;1-4H2;1H3. The number of nitrogens with zero attached hydrogens (tertiary/aromatic N) is 1. The summed E-state index contributed by atoms with van der Waals surface area (Å²) in [7, 11) is -2.55. The fraction of sp³-hybridized carbons (Fsp3) is 0.800. The number of hydrogen-bond donors (Lipinski definition) is 0. The molecule has 2 rings (SSSR count). The van der Waals surface area contributed by atoms with E-state index in [0.29, 0.717) is 18.1 Å². The van der Waals surface area contributed by atoms with Gasteiger partial charge in [0.05, 0.1) is 17.6 Å². The monoisotopic (exact) mass is 263 g/mol. The summed E-state index contributed by atoms with van der Waals surface area (Å²) >= 11 is 0. The number of ether oxygens (including phenoxy) is 2. The lowest BCUT2D eigenvalue weighted by Crippen LogP contribution is -2.01. The van der Waals surface area contributed by atoms with Gasteiger partial charge in [0.1, 0.15) is 22.5 Å². The summed E-state index contributed by atoms with van der Waals surface area (Å²) < 4.78 is 29.8. The van der Waals surface area contributed by atoms with Gasteiger partial charge in [-0.25, -0.2) is 13.2 Å². The molecule has 0 aromatic heterocycles. The van der Waals surface area contributed by atoms with Gasteiger partial charge in [0.15, 0.2) is 0 Å². The Balaban J connectivity index is 0.000000247. The molecule has 0 bridgehead atoms. The van der Waals surface area contributed by atoms with Crippen LogP contribution in [-0.4, -0.2) is 38.8 Å². The molecular formula is C10H17NO5S.